The number of nitrogens with zero attached hydrogens (tertiary/aromatic N) is 1. The largest absolute Gasteiger partial charge is 0.445 e. The molecule has 1 aliphatic heterocycles. The summed E-state index contributed by atoms with van der Waals surface area (Å²) in [5, 5.41) is 9.61. The van der Waals surface area contributed by atoms with Gasteiger partial charge in [-0.3, -0.25) is 0 Å². The summed E-state index contributed by atoms with van der Waals surface area (Å²) in [6.07, 6.45) is -0.463. The number of ether oxygens (including phenoxy) is 1. The average molecular weight is 287 g/mol. The van der Waals surface area contributed by atoms with Crippen LogP contribution in [0.3, 0.4) is 0 Å². The number of rotatable bonds is 2. The fourth-order valence-corrected chi connectivity index (χ4v) is 1.93. The molecule has 0 bridgehead atoms. The number of piperidine rings is 1. The van der Waals surface area contributed by atoms with E-state index in [1.165, 1.54) is 4.90 Å². The number of halogens is 1. The second kappa shape index (κ2) is 7.33. The third-order valence-corrected chi connectivity index (χ3v) is 3.10. The molecule has 2 atom stereocenters. The van der Waals surface area contributed by atoms with E-state index in [1.807, 2.05) is 30.3 Å². The summed E-state index contributed by atoms with van der Waals surface area (Å²) in [5.41, 5.74) is 6.62. The predicted octanol–water partition coefficient (Wildman–Crippen LogP) is 1.14. The first kappa shape index (κ1) is 15.8. The molecular weight excluding hydrogens is 268 g/mol. The van der Waals surface area contributed by atoms with E-state index in [2.05, 4.69) is 0 Å². The van der Waals surface area contributed by atoms with Crippen molar-refractivity contribution in [3.63, 3.8) is 0 Å². The lowest BCUT2D eigenvalue weighted by atomic mass is 10.0. The van der Waals surface area contributed by atoms with Crippen molar-refractivity contribution < 1.29 is 14.6 Å². The molecule has 0 spiro atoms. The fourth-order valence-electron chi connectivity index (χ4n) is 1.93. The molecule has 0 unspecified atom stereocenters. The molecule has 5 nitrogen and oxygen atoms in total. The molecule has 2 rings (SSSR count). The first-order valence-corrected chi connectivity index (χ1v) is 6.06. The fraction of sp³-hybridized carbons (Fsp3) is 0.462. The van der Waals surface area contributed by atoms with E-state index in [0.717, 1.165) is 5.56 Å². The highest BCUT2D eigenvalue weighted by Crippen LogP contribution is 2.11. The Morgan fingerprint density at radius 2 is 2.11 bits per heavy atom. The maximum Gasteiger partial charge on any atom is 0.410 e. The molecule has 1 amide bonds. The van der Waals surface area contributed by atoms with Gasteiger partial charge in [-0.05, 0) is 12.0 Å². The summed E-state index contributed by atoms with van der Waals surface area (Å²) >= 11 is 0. The van der Waals surface area contributed by atoms with Crippen molar-refractivity contribution in [2.24, 2.45) is 5.73 Å². The van der Waals surface area contributed by atoms with Gasteiger partial charge in [-0.1, -0.05) is 30.3 Å². The van der Waals surface area contributed by atoms with Crippen LogP contribution in [0.25, 0.3) is 0 Å². The SMILES string of the molecule is Cl.N[C@@H]1CCN(C(=O)OCc2ccccc2)C[C@@H]1O. The van der Waals surface area contributed by atoms with Gasteiger partial charge in [-0.2, -0.15) is 0 Å². The van der Waals surface area contributed by atoms with Crippen LogP contribution in [-0.4, -0.2) is 41.3 Å². The van der Waals surface area contributed by atoms with Crippen molar-refractivity contribution >= 4 is 18.5 Å². The Morgan fingerprint density at radius 1 is 1.42 bits per heavy atom. The van der Waals surface area contributed by atoms with Crippen LogP contribution < -0.4 is 5.73 Å². The minimum absolute atomic E-state index is 0. The Kier molecular flexibility index (Phi) is 6.08. The van der Waals surface area contributed by atoms with E-state index in [9.17, 15) is 9.90 Å². The highest BCUT2D eigenvalue weighted by molar-refractivity contribution is 5.85. The first-order chi connectivity index (χ1) is 8.66. The summed E-state index contributed by atoms with van der Waals surface area (Å²) in [7, 11) is 0. The molecule has 0 saturated carbocycles. The highest BCUT2D eigenvalue weighted by atomic mass is 35.5. The van der Waals surface area contributed by atoms with Gasteiger partial charge in [-0.25, -0.2) is 4.79 Å². The van der Waals surface area contributed by atoms with Crippen molar-refractivity contribution in [3.05, 3.63) is 35.9 Å². The van der Waals surface area contributed by atoms with Gasteiger partial charge in [0.2, 0.25) is 0 Å². The van der Waals surface area contributed by atoms with Crippen LogP contribution in [0.2, 0.25) is 0 Å². The maximum atomic E-state index is 11.8. The van der Waals surface area contributed by atoms with Gasteiger partial charge in [-0.15, -0.1) is 12.4 Å². The normalized spacial score (nSPS) is 22.5. The predicted molar refractivity (Wildman–Crippen MR) is 74.0 cm³/mol. The number of hydrogen-bond donors (Lipinski definition) is 2. The molecule has 6 heteroatoms. The van der Waals surface area contributed by atoms with Gasteiger partial charge >= 0.3 is 6.09 Å². The van der Waals surface area contributed by atoms with E-state index in [1.54, 1.807) is 0 Å². The second-order valence-corrected chi connectivity index (χ2v) is 4.51. The first-order valence-electron chi connectivity index (χ1n) is 6.06. The molecule has 0 radical (unpaired) electrons. The van der Waals surface area contributed by atoms with Gasteiger partial charge in [0.15, 0.2) is 0 Å². The van der Waals surface area contributed by atoms with E-state index >= 15 is 0 Å². The lowest BCUT2D eigenvalue weighted by Gasteiger charge is -2.33. The number of aliphatic hydroxyl groups is 1. The van der Waals surface area contributed by atoms with Crippen LogP contribution in [0, 0.1) is 0 Å². The van der Waals surface area contributed by atoms with Crippen molar-refractivity contribution in [1.82, 2.24) is 4.90 Å². The Bertz CT molecular complexity index is 402. The topological polar surface area (TPSA) is 75.8 Å². The average Bonchev–Trinajstić information content (AvgIpc) is 2.40. The van der Waals surface area contributed by atoms with Crippen LogP contribution in [0.4, 0.5) is 4.79 Å². The lowest BCUT2D eigenvalue weighted by molar-refractivity contribution is 0.0360. The monoisotopic (exact) mass is 286 g/mol. The van der Waals surface area contributed by atoms with Crippen LogP contribution in [0.1, 0.15) is 12.0 Å². The molecular formula is C13H19ClN2O3. The zero-order chi connectivity index (χ0) is 13.0. The van der Waals surface area contributed by atoms with Crippen LogP contribution in [0.15, 0.2) is 30.3 Å². The lowest BCUT2D eigenvalue weighted by Crippen LogP contribution is -2.52. The third kappa shape index (κ3) is 4.38. The van der Waals surface area contributed by atoms with Crippen LogP contribution >= 0.6 is 12.4 Å². The zero-order valence-electron chi connectivity index (χ0n) is 10.6. The van der Waals surface area contributed by atoms with E-state index in [0.29, 0.717) is 13.0 Å². The number of benzene rings is 1. The van der Waals surface area contributed by atoms with E-state index in [-0.39, 0.29) is 31.6 Å². The number of nitrogens with two attached hydrogens (primary N) is 1. The van der Waals surface area contributed by atoms with Gasteiger partial charge in [0.05, 0.1) is 12.6 Å². The molecule has 0 aliphatic carbocycles. The molecule has 1 heterocycles. The van der Waals surface area contributed by atoms with Crippen LogP contribution in [-0.2, 0) is 11.3 Å². The minimum Gasteiger partial charge on any atom is -0.445 e. The zero-order valence-corrected chi connectivity index (χ0v) is 11.4. The highest BCUT2D eigenvalue weighted by Gasteiger charge is 2.28. The second-order valence-electron chi connectivity index (χ2n) is 4.51. The third-order valence-electron chi connectivity index (χ3n) is 3.10. The summed E-state index contributed by atoms with van der Waals surface area (Å²) in [6.45, 7) is 1.03. The summed E-state index contributed by atoms with van der Waals surface area (Å²) < 4.78 is 5.19. The van der Waals surface area contributed by atoms with Crippen molar-refractivity contribution in [3.8, 4) is 0 Å². The van der Waals surface area contributed by atoms with Gasteiger partial charge in [0, 0.05) is 12.6 Å². The van der Waals surface area contributed by atoms with Crippen LogP contribution in [0.5, 0.6) is 0 Å². The Balaban J connectivity index is 0.00000180. The molecule has 1 aromatic rings. The molecule has 1 saturated heterocycles. The maximum absolute atomic E-state index is 11.8. The molecule has 1 aromatic carbocycles. The molecule has 19 heavy (non-hydrogen) atoms. The number of amides is 1. The molecule has 1 aliphatic rings. The molecule has 3 N–H and O–H groups in total. The number of hydrogen-bond acceptors (Lipinski definition) is 4. The summed E-state index contributed by atoms with van der Waals surface area (Å²) in [6, 6.07) is 9.25. The van der Waals surface area contributed by atoms with E-state index < -0.39 is 12.2 Å². The Labute approximate surface area is 118 Å². The van der Waals surface area contributed by atoms with Crippen molar-refractivity contribution in [1.29, 1.82) is 0 Å². The summed E-state index contributed by atoms with van der Waals surface area (Å²) in [5.74, 6) is 0. The number of aliphatic hydroxyl groups excluding tert-OH is 1. The Hall–Kier alpha value is -1.30. The molecule has 0 aromatic heterocycles. The molecule has 106 valence electrons. The van der Waals surface area contributed by atoms with Crippen molar-refractivity contribution in [2.75, 3.05) is 13.1 Å². The quantitative estimate of drug-likeness (QED) is 0.855. The Morgan fingerprint density at radius 3 is 2.74 bits per heavy atom. The summed E-state index contributed by atoms with van der Waals surface area (Å²) in [4.78, 5) is 13.3. The smallest absolute Gasteiger partial charge is 0.410 e. The standard InChI is InChI=1S/C13H18N2O3.ClH/c14-11-6-7-15(8-12(11)16)13(17)18-9-10-4-2-1-3-5-10;/h1-5,11-12,16H,6-9,14H2;1H/t11-,12+;/m1./s1. The van der Waals surface area contributed by atoms with Gasteiger partial charge in [0.1, 0.15) is 6.61 Å². The number of carbonyl (C=O) groups excluding carboxylic acids is 1. The van der Waals surface area contributed by atoms with Crippen molar-refractivity contribution in [2.45, 2.75) is 25.2 Å². The minimum atomic E-state index is -0.664. The van der Waals surface area contributed by atoms with Gasteiger partial charge in [0.25, 0.3) is 0 Å². The number of β-amino-alcohol motifs (C(OH)–C–C–N with tert-alkyl or cyclic N) is 1. The van der Waals surface area contributed by atoms with E-state index in [4.69, 9.17) is 10.5 Å². The number of likely N-dealkylation sites (tertiary alicyclic amines) is 1. The number of carbonyl (C=O) groups is 1. The van der Waals surface area contributed by atoms with Gasteiger partial charge < -0.3 is 20.5 Å². The molecule has 1 fully saturated rings.